The Morgan fingerprint density at radius 3 is 2.47 bits per heavy atom. The Kier molecular flexibility index (Phi) is 3.14. The predicted octanol–water partition coefficient (Wildman–Crippen LogP) is 1.62. The van der Waals surface area contributed by atoms with Crippen molar-refractivity contribution in [2.75, 3.05) is 0 Å². The first-order chi connectivity index (χ1) is 8.04. The molecule has 0 fully saturated rings. The molecule has 6 heteroatoms. The summed E-state index contributed by atoms with van der Waals surface area (Å²) in [6.07, 6.45) is 1.49. The van der Waals surface area contributed by atoms with Crippen molar-refractivity contribution in [2.45, 2.75) is 19.5 Å². The van der Waals surface area contributed by atoms with E-state index in [4.69, 9.17) is 5.73 Å². The minimum Gasteiger partial charge on any atom is -0.321 e. The van der Waals surface area contributed by atoms with Gasteiger partial charge in [-0.3, -0.25) is 0 Å². The first-order valence-corrected chi connectivity index (χ1v) is 5.14. The minimum absolute atomic E-state index is 0.258. The molecule has 2 N–H and O–H groups in total. The topological polar surface area (TPSA) is 56.7 Å². The second kappa shape index (κ2) is 4.58. The molecule has 1 aromatic carbocycles. The van der Waals surface area contributed by atoms with E-state index in [0.717, 1.165) is 6.07 Å². The highest BCUT2D eigenvalue weighted by atomic mass is 19.1. The van der Waals surface area contributed by atoms with E-state index in [9.17, 15) is 8.78 Å². The summed E-state index contributed by atoms with van der Waals surface area (Å²) in [6, 6.07) is 3.09. The maximum atomic E-state index is 13.0. The third-order valence-electron chi connectivity index (χ3n) is 2.23. The van der Waals surface area contributed by atoms with Crippen molar-refractivity contribution >= 4 is 0 Å². The molecule has 1 unspecified atom stereocenters. The van der Waals surface area contributed by atoms with E-state index in [1.807, 2.05) is 0 Å². The van der Waals surface area contributed by atoms with Gasteiger partial charge in [-0.2, -0.15) is 5.10 Å². The standard InChI is InChI=1S/C11H12F2N4/c1-7(14)11-15-6-17(16-11)5-8-2-9(12)4-10(13)3-8/h2-4,6-7H,5,14H2,1H3. The van der Waals surface area contributed by atoms with Gasteiger partial charge in [-0.05, 0) is 24.6 Å². The molecule has 17 heavy (non-hydrogen) atoms. The summed E-state index contributed by atoms with van der Waals surface area (Å²) in [5, 5.41) is 4.10. The molecule has 0 spiro atoms. The smallest absolute Gasteiger partial charge is 0.166 e. The molecule has 2 aromatic rings. The molecule has 2 rings (SSSR count). The van der Waals surface area contributed by atoms with Crippen LogP contribution in [0.2, 0.25) is 0 Å². The maximum absolute atomic E-state index is 13.0. The van der Waals surface area contributed by atoms with Crippen LogP contribution in [0.3, 0.4) is 0 Å². The SMILES string of the molecule is CC(N)c1ncn(Cc2cc(F)cc(F)c2)n1. The summed E-state index contributed by atoms with van der Waals surface area (Å²) in [7, 11) is 0. The minimum atomic E-state index is -0.604. The lowest BCUT2D eigenvalue weighted by atomic mass is 10.2. The van der Waals surface area contributed by atoms with E-state index >= 15 is 0 Å². The molecular weight excluding hydrogens is 226 g/mol. The lowest BCUT2D eigenvalue weighted by molar-refractivity contribution is 0.573. The fourth-order valence-electron chi connectivity index (χ4n) is 1.48. The van der Waals surface area contributed by atoms with Crippen LogP contribution in [0.1, 0.15) is 24.4 Å². The summed E-state index contributed by atoms with van der Waals surface area (Å²) in [4.78, 5) is 4.00. The molecule has 0 aliphatic heterocycles. The molecule has 4 nitrogen and oxygen atoms in total. The lowest BCUT2D eigenvalue weighted by Crippen LogP contribution is -2.08. The van der Waals surface area contributed by atoms with Gasteiger partial charge in [0.2, 0.25) is 0 Å². The van der Waals surface area contributed by atoms with Crippen molar-refractivity contribution in [3.05, 3.63) is 47.5 Å². The Morgan fingerprint density at radius 1 is 1.29 bits per heavy atom. The van der Waals surface area contributed by atoms with Crippen molar-refractivity contribution in [3.8, 4) is 0 Å². The van der Waals surface area contributed by atoms with E-state index in [1.54, 1.807) is 6.92 Å². The highest BCUT2D eigenvalue weighted by molar-refractivity contribution is 5.18. The van der Waals surface area contributed by atoms with Gasteiger partial charge in [0.25, 0.3) is 0 Å². The third kappa shape index (κ3) is 2.85. The van der Waals surface area contributed by atoms with Crippen LogP contribution in [-0.4, -0.2) is 14.8 Å². The number of nitrogens with zero attached hydrogens (tertiary/aromatic N) is 3. The highest BCUT2D eigenvalue weighted by Crippen LogP contribution is 2.10. The van der Waals surface area contributed by atoms with Gasteiger partial charge in [0.05, 0.1) is 12.6 Å². The molecule has 0 bridgehead atoms. The number of nitrogens with two attached hydrogens (primary N) is 1. The van der Waals surface area contributed by atoms with Gasteiger partial charge in [0, 0.05) is 6.07 Å². The van der Waals surface area contributed by atoms with E-state index in [1.165, 1.54) is 23.1 Å². The lowest BCUT2D eigenvalue weighted by Gasteiger charge is -2.02. The van der Waals surface area contributed by atoms with Gasteiger partial charge in [-0.15, -0.1) is 0 Å². The normalized spacial score (nSPS) is 12.7. The first kappa shape index (κ1) is 11.7. The van der Waals surface area contributed by atoms with Crippen LogP contribution in [0, 0.1) is 11.6 Å². The molecule has 0 saturated heterocycles. The van der Waals surface area contributed by atoms with E-state index in [0.29, 0.717) is 11.4 Å². The molecule has 1 aromatic heterocycles. The molecule has 0 aliphatic rings. The van der Waals surface area contributed by atoms with Gasteiger partial charge in [-0.1, -0.05) is 0 Å². The van der Waals surface area contributed by atoms with Gasteiger partial charge in [0.1, 0.15) is 18.0 Å². The van der Waals surface area contributed by atoms with E-state index in [2.05, 4.69) is 10.1 Å². The monoisotopic (exact) mass is 238 g/mol. The summed E-state index contributed by atoms with van der Waals surface area (Å²) >= 11 is 0. The van der Waals surface area contributed by atoms with Crippen molar-refractivity contribution in [2.24, 2.45) is 5.73 Å². The molecule has 0 amide bonds. The van der Waals surface area contributed by atoms with Crippen LogP contribution in [0.5, 0.6) is 0 Å². The van der Waals surface area contributed by atoms with Gasteiger partial charge < -0.3 is 5.73 Å². The van der Waals surface area contributed by atoms with Crippen LogP contribution in [-0.2, 0) is 6.54 Å². The molecule has 1 heterocycles. The van der Waals surface area contributed by atoms with Crippen LogP contribution in [0.25, 0.3) is 0 Å². The highest BCUT2D eigenvalue weighted by Gasteiger charge is 2.07. The number of aromatic nitrogens is 3. The summed E-state index contributed by atoms with van der Waals surface area (Å²) in [5.74, 6) is -0.707. The Labute approximate surface area is 97.1 Å². The number of rotatable bonds is 3. The average Bonchev–Trinajstić information content (AvgIpc) is 2.64. The zero-order chi connectivity index (χ0) is 12.4. The number of hydrogen-bond donors (Lipinski definition) is 1. The maximum Gasteiger partial charge on any atom is 0.166 e. The Bertz CT molecular complexity index is 502. The van der Waals surface area contributed by atoms with Crippen LogP contribution < -0.4 is 5.73 Å². The van der Waals surface area contributed by atoms with Crippen molar-refractivity contribution in [3.63, 3.8) is 0 Å². The van der Waals surface area contributed by atoms with Gasteiger partial charge >= 0.3 is 0 Å². The third-order valence-corrected chi connectivity index (χ3v) is 2.23. The number of benzene rings is 1. The largest absolute Gasteiger partial charge is 0.321 e. The van der Waals surface area contributed by atoms with Crippen LogP contribution in [0.4, 0.5) is 8.78 Å². The van der Waals surface area contributed by atoms with Gasteiger partial charge in [-0.25, -0.2) is 18.4 Å². The number of halogens is 2. The van der Waals surface area contributed by atoms with Crippen molar-refractivity contribution in [1.29, 1.82) is 0 Å². The van der Waals surface area contributed by atoms with Gasteiger partial charge in [0.15, 0.2) is 5.82 Å². The summed E-state index contributed by atoms with van der Waals surface area (Å²) < 4.78 is 27.4. The van der Waals surface area contributed by atoms with Crippen molar-refractivity contribution in [1.82, 2.24) is 14.8 Å². The molecule has 90 valence electrons. The van der Waals surface area contributed by atoms with E-state index in [-0.39, 0.29) is 12.6 Å². The average molecular weight is 238 g/mol. The Balaban J connectivity index is 2.19. The van der Waals surface area contributed by atoms with Crippen LogP contribution in [0.15, 0.2) is 24.5 Å². The van der Waals surface area contributed by atoms with E-state index < -0.39 is 11.6 Å². The molecule has 0 saturated carbocycles. The Morgan fingerprint density at radius 2 is 1.94 bits per heavy atom. The second-order valence-electron chi connectivity index (χ2n) is 3.87. The fraction of sp³-hybridized carbons (Fsp3) is 0.273. The fourth-order valence-corrected chi connectivity index (χ4v) is 1.48. The quantitative estimate of drug-likeness (QED) is 0.884. The van der Waals surface area contributed by atoms with Crippen LogP contribution >= 0.6 is 0 Å². The molecule has 0 aliphatic carbocycles. The first-order valence-electron chi connectivity index (χ1n) is 5.14. The second-order valence-corrected chi connectivity index (χ2v) is 3.87. The zero-order valence-electron chi connectivity index (χ0n) is 9.27. The predicted molar refractivity (Wildman–Crippen MR) is 58.1 cm³/mol. The molecular formula is C11H12F2N4. The Hall–Kier alpha value is -1.82. The summed E-state index contributed by atoms with van der Waals surface area (Å²) in [5.41, 5.74) is 6.10. The zero-order valence-corrected chi connectivity index (χ0v) is 9.27. The molecule has 1 atom stereocenters. The van der Waals surface area contributed by atoms with Crippen molar-refractivity contribution < 1.29 is 8.78 Å². The summed E-state index contributed by atoms with van der Waals surface area (Å²) in [6.45, 7) is 2.02. The number of hydrogen-bond acceptors (Lipinski definition) is 3. The molecule has 0 radical (unpaired) electrons.